The Morgan fingerprint density at radius 1 is 1.33 bits per heavy atom. The Balaban J connectivity index is 1.75. The van der Waals surface area contributed by atoms with E-state index in [0.29, 0.717) is 16.7 Å². The van der Waals surface area contributed by atoms with E-state index in [-0.39, 0.29) is 5.56 Å². The quantitative estimate of drug-likeness (QED) is 0.914. The van der Waals surface area contributed by atoms with Crippen molar-refractivity contribution in [3.8, 4) is 0 Å². The number of para-hydroxylation sites is 1. The lowest BCUT2D eigenvalue weighted by Gasteiger charge is -2.25. The van der Waals surface area contributed by atoms with E-state index in [1.807, 2.05) is 36.9 Å². The van der Waals surface area contributed by atoms with Crippen LogP contribution in [0.4, 0.5) is 0 Å². The van der Waals surface area contributed by atoms with E-state index in [1.165, 1.54) is 12.8 Å². The Labute approximate surface area is 128 Å². The van der Waals surface area contributed by atoms with Crippen molar-refractivity contribution in [3.05, 3.63) is 39.9 Å². The van der Waals surface area contributed by atoms with Gasteiger partial charge in [-0.2, -0.15) is 11.8 Å². The maximum atomic E-state index is 12.1. The molecule has 5 heteroatoms. The summed E-state index contributed by atoms with van der Waals surface area (Å²) >= 11 is 1.89. The van der Waals surface area contributed by atoms with Crippen molar-refractivity contribution >= 4 is 22.7 Å². The summed E-state index contributed by atoms with van der Waals surface area (Å²) in [5.74, 6) is 1.54. The van der Waals surface area contributed by atoms with Gasteiger partial charge in [-0.3, -0.25) is 4.79 Å². The second-order valence-corrected chi connectivity index (χ2v) is 7.12. The number of aryl methyl sites for hydroxylation is 1. The number of hydrogen-bond acceptors (Lipinski definition) is 4. The van der Waals surface area contributed by atoms with Gasteiger partial charge < -0.3 is 10.7 Å². The molecule has 4 nitrogen and oxygen atoms in total. The molecule has 0 bridgehead atoms. The molecule has 1 saturated carbocycles. The van der Waals surface area contributed by atoms with Crippen LogP contribution in [-0.2, 0) is 5.75 Å². The summed E-state index contributed by atoms with van der Waals surface area (Å²) < 4.78 is 0. The largest absolute Gasteiger partial charge is 0.328 e. The van der Waals surface area contributed by atoms with Gasteiger partial charge >= 0.3 is 0 Å². The van der Waals surface area contributed by atoms with Crippen molar-refractivity contribution in [2.24, 2.45) is 5.73 Å². The van der Waals surface area contributed by atoms with Gasteiger partial charge in [0.05, 0.1) is 16.7 Å². The predicted octanol–water partition coefficient (Wildman–Crippen LogP) is 2.73. The molecule has 1 aromatic carbocycles. The van der Waals surface area contributed by atoms with Gasteiger partial charge in [-0.25, -0.2) is 4.98 Å². The zero-order valence-corrected chi connectivity index (χ0v) is 13.1. The minimum atomic E-state index is -0.0371. The molecule has 2 aromatic rings. The van der Waals surface area contributed by atoms with E-state index >= 15 is 0 Å². The number of thioether (sulfide) groups is 1. The SMILES string of the molecule is Cc1cccc2c(=O)[nH]c(CS[C@H]3CC[C@H](N)CC3)nc12. The highest BCUT2D eigenvalue weighted by Gasteiger charge is 2.19. The average Bonchev–Trinajstić information content (AvgIpc) is 2.48. The molecule has 21 heavy (non-hydrogen) atoms. The van der Waals surface area contributed by atoms with Crippen LogP contribution in [0.2, 0.25) is 0 Å². The summed E-state index contributed by atoms with van der Waals surface area (Å²) in [7, 11) is 0. The number of hydrogen-bond donors (Lipinski definition) is 2. The van der Waals surface area contributed by atoms with Crippen LogP contribution in [-0.4, -0.2) is 21.3 Å². The molecule has 0 atom stereocenters. The number of nitrogens with zero attached hydrogens (tertiary/aromatic N) is 1. The number of nitrogens with one attached hydrogen (secondary N) is 1. The van der Waals surface area contributed by atoms with Gasteiger partial charge in [-0.05, 0) is 44.2 Å². The molecular weight excluding hydrogens is 282 g/mol. The highest BCUT2D eigenvalue weighted by atomic mass is 32.2. The Morgan fingerprint density at radius 3 is 2.86 bits per heavy atom. The fourth-order valence-corrected chi connectivity index (χ4v) is 4.01. The third-order valence-corrected chi connectivity index (χ3v) is 5.54. The molecule has 0 aliphatic heterocycles. The molecule has 1 fully saturated rings. The molecular formula is C16H21N3OS. The van der Waals surface area contributed by atoms with Gasteiger partial charge in [0.1, 0.15) is 5.82 Å². The fraction of sp³-hybridized carbons (Fsp3) is 0.500. The van der Waals surface area contributed by atoms with E-state index < -0.39 is 0 Å². The van der Waals surface area contributed by atoms with Gasteiger partial charge in [-0.15, -0.1) is 0 Å². The molecule has 1 aliphatic rings. The van der Waals surface area contributed by atoms with Crippen LogP contribution in [0.15, 0.2) is 23.0 Å². The van der Waals surface area contributed by atoms with E-state index in [4.69, 9.17) is 5.73 Å². The lowest BCUT2D eigenvalue weighted by atomic mass is 9.96. The van der Waals surface area contributed by atoms with E-state index in [0.717, 1.165) is 35.5 Å². The van der Waals surface area contributed by atoms with Crippen molar-refractivity contribution in [3.63, 3.8) is 0 Å². The first-order chi connectivity index (χ1) is 10.1. The number of nitrogens with two attached hydrogens (primary N) is 1. The van der Waals surface area contributed by atoms with Gasteiger partial charge in [0.15, 0.2) is 0 Å². The maximum absolute atomic E-state index is 12.1. The fourth-order valence-electron chi connectivity index (χ4n) is 2.87. The number of fused-ring (bicyclic) bond motifs is 1. The molecule has 0 saturated heterocycles. The van der Waals surface area contributed by atoms with Crippen LogP contribution in [0.1, 0.15) is 37.1 Å². The molecule has 0 radical (unpaired) electrons. The van der Waals surface area contributed by atoms with Gasteiger partial charge in [0.2, 0.25) is 0 Å². The molecule has 0 unspecified atom stereocenters. The van der Waals surface area contributed by atoms with Gasteiger partial charge in [0.25, 0.3) is 5.56 Å². The number of aromatic amines is 1. The molecule has 1 aliphatic carbocycles. The maximum Gasteiger partial charge on any atom is 0.258 e. The van der Waals surface area contributed by atoms with E-state index in [2.05, 4.69) is 9.97 Å². The first kappa shape index (κ1) is 14.6. The lowest BCUT2D eigenvalue weighted by molar-refractivity contribution is 0.450. The monoisotopic (exact) mass is 303 g/mol. The molecule has 1 heterocycles. The van der Waals surface area contributed by atoms with Crippen LogP contribution < -0.4 is 11.3 Å². The Morgan fingerprint density at radius 2 is 2.10 bits per heavy atom. The minimum absolute atomic E-state index is 0.0371. The second-order valence-electron chi connectivity index (χ2n) is 5.83. The third kappa shape index (κ3) is 3.30. The summed E-state index contributed by atoms with van der Waals surface area (Å²) in [4.78, 5) is 19.7. The summed E-state index contributed by atoms with van der Waals surface area (Å²) in [6, 6.07) is 6.10. The topological polar surface area (TPSA) is 71.8 Å². The van der Waals surface area contributed by atoms with Crippen molar-refractivity contribution in [1.29, 1.82) is 0 Å². The highest BCUT2D eigenvalue weighted by molar-refractivity contribution is 7.99. The third-order valence-electron chi connectivity index (χ3n) is 4.16. The Bertz CT molecular complexity index is 689. The van der Waals surface area contributed by atoms with Crippen molar-refractivity contribution in [2.45, 2.75) is 49.7 Å². The number of benzene rings is 1. The zero-order valence-electron chi connectivity index (χ0n) is 12.3. The lowest BCUT2D eigenvalue weighted by Crippen LogP contribution is -2.27. The van der Waals surface area contributed by atoms with Crippen LogP contribution >= 0.6 is 11.8 Å². The standard InChI is InChI=1S/C16H21N3OS/c1-10-3-2-4-13-15(10)18-14(19-16(13)20)9-21-12-7-5-11(17)6-8-12/h2-4,11-12H,5-9,17H2,1H3,(H,18,19,20)/t11-,12-. The molecule has 1 aromatic heterocycles. The number of H-pyrrole nitrogens is 1. The van der Waals surface area contributed by atoms with E-state index in [1.54, 1.807) is 0 Å². The van der Waals surface area contributed by atoms with Crippen molar-refractivity contribution in [2.75, 3.05) is 0 Å². The van der Waals surface area contributed by atoms with Crippen molar-refractivity contribution < 1.29 is 0 Å². The molecule has 0 spiro atoms. The van der Waals surface area contributed by atoms with Crippen LogP contribution in [0.3, 0.4) is 0 Å². The zero-order chi connectivity index (χ0) is 14.8. The molecule has 3 N–H and O–H groups in total. The van der Waals surface area contributed by atoms with Gasteiger partial charge in [-0.1, -0.05) is 12.1 Å². The average molecular weight is 303 g/mol. The van der Waals surface area contributed by atoms with E-state index in [9.17, 15) is 4.79 Å². The number of rotatable bonds is 3. The Kier molecular flexibility index (Phi) is 4.31. The van der Waals surface area contributed by atoms with Crippen molar-refractivity contribution in [1.82, 2.24) is 9.97 Å². The Hall–Kier alpha value is -1.33. The molecule has 112 valence electrons. The number of aromatic nitrogens is 2. The highest BCUT2D eigenvalue weighted by Crippen LogP contribution is 2.29. The smallest absolute Gasteiger partial charge is 0.258 e. The molecule has 3 rings (SSSR count). The van der Waals surface area contributed by atoms with Crippen LogP contribution in [0.5, 0.6) is 0 Å². The minimum Gasteiger partial charge on any atom is -0.328 e. The normalized spacial score (nSPS) is 22.6. The second kappa shape index (κ2) is 6.20. The van der Waals surface area contributed by atoms with Gasteiger partial charge in [0, 0.05) is 11.3 Å². The summed E-state index contributed by atoms with van der Waals surface area (Å²) in [5, 5.41) is 1.31. The molecule has 0 amide bonds. The first-order valence-corrected chi connectivity index (χ1v) is 8.54. The van der Waals surface area contributed by atoms with Crippen LogP contribution in [0.25, 0.3) is 10.9 Å². The summed E-state index contributed by atoms with van der Waals surface area (Å²) in [5.41, 5.74) is 7.77. The summed E-state index contributed by atoms with van der Waals surface area (Å²) in [6.07, 6.45) is 4.56. The summed E-state index contributed by atoms with van der Waals surface area (Å²) in [6.45, 7) is 1.99. The first-order valence-electron chi connectivity index (χ1n) is 7.49. The predicted molar refractivity (Wildman–Crippen MR) is 88.6 cm³/mol. The van der Waals surface area contributed by atoms with Crippen LogP contribution in [0, 0.1) is 6.92 Å².